The van der Waals surface area contributed by atoms with Crippen LogP contribution in [0.15, 0.2) is 102 Å². The summed E-state index contributed by atoms with van der Waals surface area (Å²) in [5.41, 5.74) is 2.37. The molecule has 0 radical (unpaired) electrons. The van der Waals surface area contributed by atoms with E-state index in [1.807, 2.05) is 26.0 Å². The predicted octanol–water partition coefficient (Wildman–Crippen LogP) is 7.18. The molecule has 2 heterocycles. The number of benzene rings is 3. The largest absolute Gasteiger partial charge is 0.468 e. The van der Waals surface area contributed by atoms with E-state index in [4.69, 9.17) is 9.47 Å². The first-order valence-corrected chi connectivity index (χ1v) is 14.7. The van der Waals surface area contributed by atoms with Crippen molar-refractivity contribution in [1.82, 2.24) is 10.2 Å². The number of ketones is 1. The minimum Gasteiger partial charge on any atom is -0.468 e. The Labute approximate surface area is 265 Å². The number of rotatable bonds is 10. The number of ether oxygens (including phenoxy) is 2. The Kier molecular flexibility index (Phi) is 9.09. The second-order valence-corrected chi connectivity index (χ2v) is 11.4. The molecule has 236 valence electrons. The molecule has 0 saturated carbocycles. The lowest BCUT2D eigenvalue weighted by molar-refractivity contribution is -0.152. The van der Waals surface area contributed by atoms with Gasteiger partial charge in [0.15, 0.2) is 11.5 Å². The van der Waals surface area contributed by atoms with Gasteiger partial charge in [-0.2, -0.15) is 10.2 Å². The summed E-state index contributed by atoms with van der Waals surface area (Å²) in [4.78, 5) is 43.2. The summed E-state index contributed by atoms with van der Waals surface area (Å²) in [6, 6.07) is 22.7. The van der Waals surface area contributed by atoms with E-state index in [1.165, 1.54) is 36.3 Å². The van der Waals surface area contributed by atoms with Gasteiger partial charge < -0.3 is 9.47 Å². The molecule has 3 aromatic carbocycles. The molecule has 10 heteroatoms. The molecule has 0 saturated heterocycles. The number of amides is 1. The fourth-order valence-corrected chi connectivity index (χ4v) is 5.23. The van der Waals surface area contributed by atoms with Gasteiger partial charge in [0.1, 0.15) is 6.04 Å². The van der Waals surface area contributed by atoms with Crippen LogP contribution >= 0.6 is 0 Å². The zero-order valence-corrected chi connectivity index (χ0v) is 26.0. The van der Waals surface area contributed by atoms with E-state index in [0.717, 1.165) is 12.5 Å². The van der Waals surface area contributed by atoms with Gasteiger partial charge in [0.25, 0.3) is 11.8 Å². The number of anilines is 1. The third kappa shape index (κ3) is 6.42. The first kappa shape index (κ1) is 32.2. The average Bonchev–Trinajstić information content (AvgIpc) is 3.34. The highest BCUT2D eigenvalue weighted by Gasteiger charge is 2.48. The van der Waals surface area contributed by atoms with Crippen molar-refractivity contribution >= 4 is 23.3 Å². The summed E-state index contributed by atoms with van der Waals surface area (Å²) in [5.74, 6) is -5.40. The van der Waals surface area contributed by atoms with E-state index < -0.39 is 41.5 Å². The fraction of sp³-hybridized carbons (Fsp3) is 0.250. The van der Waals surface area contributed by atoms with Crippen LogP contribution in [0, 0.1) is 6.92 Å². The van der Waals surface area contributed by atoms with Gasteiger partial charge in [0.05, 0.1) is 24.1 Å². The molecule has 46 heavy (non-hydrogen) atoms. The monoisotopic (exact) mass is 625 g/mol. The maximum absolute atomic E-state index is 14.5. The van der Waals surface area contributed by atoms with E-state index in [9.17, 15) is 23.2 Å². The highest BCUT2D eigenvalue weighted by molar-refractivity contribution is 6.21. The van der Waals surface area contributed by atoms with Gasteiger partial charge in [0, 0.05) is 29.3 Å². The second-order valence-electron chi connectivity index (χ2n) is 11.4. The third-order valence-electron chi connectivity index (χ3n) is 7.78. The van der Waals surface area contributed by atoms with E-state index in [1.54, 1.807) is 61.5 Å². The minimum absolute atomic E-state index is 0.0878. The summed E-state index contributed by atoms with van der Waals surface area (Å²) in [7, 11) is 1.19. The first-order chi connectivity index (χ1) is 21.9. The summed E-state index contributed by atoms with van der Waals surface area (Å²) >= 11 is 0. The molecule has 5 rings (SSSR count). The highest BCUT2D eigenvalue weighted by atomic mass is 19.3. The maximum Gasteiger partial charge on any atom is 0.351 e. The van der Waals surface area contributed by atoms with Crippen LogP contribution in [0.5, 0.6) is 0 Å². The van der Waals surface area contributed by atoms with E-state index >= 15 is 0 Å². The molecule has 0 spiro atoms. The van der Waals surface area contributed by atoms with Crippen LogP contribution in [0.1, 0.15) is 77.3 Å². The highest BCUT2D eigenvalue weighted by Crippen LogP contribution is 2.44. The number of halogens is 2. The van der Waals surface area contributed by atoms with Gasteiger partial charge >= 0.3 is 5.97 Å². The van der Waals surface area contributed by atoms with Crippen molar-refractivity contribution in [2.24, 2.45) is 0 Å². The Balaban J connectivity index is 1.73. The molecule has 1 amide bonds. The number of aromatic nitrogens is 2. The van der Waals surface area contributed by atoms with E-state index in [2.05, 4.69) is 10.2 Å². The smallest absolute Gasteiger partial charge is 0.351 e. The van der Waals surface area contributed by atoms with Crippen molar-refractivity contribution in [3.05, 3.63) is 136 Å². The molecule has 1 aromatic heterocycles. The van der Waals surface area contributed by atoms with Crippen LogP contribution in [0.25, 0.3) is 0 Å². The molecule has 4 aromatic rings. The Bertz CT molecular complexity index is 1770. The van der Waals surface area contributed by atoms with Gasteiger partial charge in [-0.25, -0.2) is 13.6 Å². The number of hydrogen-bond acceptors (Lipinski definition) is 7. The molecule has 8 nitrogen and oxygen atoms in total. The molecule has 0 aliphatic carbocycles. The SMILES string of the molecule is COC(=O)[C@H](OC1=C(C(=O)c2ccc(C(C)C)cc2)[C@@H](c2ccc(C)nn2)N(c2ccc(C(C)(F)F)cc2)C1=O)c1ccccc1. The molecule has 1 aliphatic rings. The van der Waals surface area contributed by atoms with Gasteiger partial charge in [-0.05, 0) is 42.7 Å². The number of Topliss-reactive ketones (excluding diaryl/α,β-unsaturated/α-hetero) is 1. The van der Waals surface area contributed by atoms with Crippen LogP contribution in [-0.4, -0.2) is 35.0 Å². The lowest BCUT2D eigenvalue weighted by Gasteiger charge is -2.26. The number of hydrogen-bond donors (Lipinski definition) is 0. The van der Waals surface area contributed by atoms with Crippen molar-refractivity contribution < 1.29 is 32.6 Å². The van der Waals surface area contributed by atoms with Crippen LogP contribution in [0.4, 0.5) is 14.5 Å². The van der Waals surface area contributed by atoms with Gasteiger partial charge in [-0.15, -0.1) is 0 Å². The van der Waals surface area contributed by atoms with Crippen molar-refractivity contribution in [3.63, 3.8) is 0 Å². The number of methoxy groups -OCH3 is 1. The number of nitrogens with zero attached hydrogens (tertiary/aromatic N) is 3. The van der Waals surface area contributed by atoms with Crippen LogP contribution in [-0.2, 0) is 25.0 Å². The standard InChI is InChI=1S/C36H33F2N3O5/c1-21(2)23-12-14-24(15-13-23)31(42)29-30(28-20-11-22(3)39-40-28)41(27-18-16-26(17-19-27)36(4,37)38)34(43)33(29)46-32(35(44)45-5)25-9-7-6-8-10-25/h6-21,30,32H,1-5H3/t30-,32-/m1/s1. The van der Waals surface area contributed by atoms with Crippen molar-refractivity contribution in [2.75, 3.05) is 12.0 Å². The molecule has 2 atom stereocenters. The van der Waals surface area contributed by atoms with Crippen LogP contribution in [0.3, 0.4) is 0 Å². The van der Waals surface area contributed by atoms with E-state index in [0.29, 0.717) is 11.3 Å². The predicted molar refractivity (Wildman–Crippen MR) is 167 cm³/mol. The lowest BCUT2D eigenvalue weighted by atomic mass is 9.93. The van der Waals surface area contributed by atoms with Crippen molar-refractivity contribution in [3.8, 4) is 0 Å². The molecule has 0 bridgehead atoms. The Morgan fingerprint density at radius 3 is 2.07 bits per heavy atom. The topological polar surface area (TPSA) is 98.7 Å². The molecule has 1 aliphatic heterocycles. The summed E-state index contributed by atoms with van der Waals surface area (Å²) in [5, 5.41) is 8.48. The van der Waals surface area contributed by atoms with Gasteiger partial charge in [0.2, 0.25) is 6.10 Å². The number of aryl methyl sites for hydroxylation is 1. The number of esters is 1. The Hall–Kier alpha value is -5.25. The zero-order valence-electron chi connectivity index (χ0n) is 26.0. The number of carbonyl (C=O) groups is 3. The second kappa shape index (κ2) is 13.0. The fourth-order valence-electron chi connectivity index (χ4n) is 5.23. The molecular weight excluding hydrogens is 592 g/mol. The van der Waals surface area contributed by atoms with Crippen molar-refractivity contribution in [2.45, 2.75) is 51.7 Å². The molecule has 0 N–H and O–H groups in total. The summed E-state index contributed by atoms with van der Waals surface area (Å²) < 4.78 is 39.5. The van der Waals surface area contributed by atoms with Crippen LogP contribution in [0.2, 0.25) is 0 Å². The van der Waals surface area contributed by atoms with Gasteiger partial charge in [-0.1, -0.05) is 80.6 Å². The lowest BCUT2D eigenvalue weighted by Crippen LogP contribution is -2.32. The van der Waals surface area contributed by atoms with E-state index in [-0.39, 0.29) is 34.0 Å². The first-order valence-electron chi connectivity index (χ1n) is 14.7. The molecule has 0 fully saturated rings. The summed E-state index contributed by atoms with van der Waals surface area (Å²) in [6.45, 7) is 6.58. The minimum atomic E-state index is -3.12. The average molecular weight is 626 g/mol. The maximum atomic E-state index is 14.5. The summed E-state index contributed by atoms with van der Waals surface area (Å²) in [6.07, 6.45) is -1.40. The van der Waals surface area contributed by atoms with Crippen molar-refractivity contribution in [1.29, 1.82) is 0 Å². The third-order valence-corrected chi connectivity index (χ3v) is 7.78. The molecule has 0 unspecified atom stereocenters. The quantitative estimate of drug-likeness (QED) is 0.136. The van der Waals surface area contributed by atoms with Crippen LogP contribution < -0.4 is 4.90 Å². The number of carbonyl (C=O) groups excluding carboxylic acids is 3. The Morgan fingerprint density at radius 1 is 0.870 bits per heavy atom. The molecular formula is C36H33F2N3O5. The Morgan fingerprint density at radius 2 is 1.52 bits per heavy atom. The zero-order chi connectivity index (χ0) is 33.2. The number of alkyl halides is 2. The normalized spacial score (nSPS) is 15.7. The van der Waals surface area contributed by atoms with Gasteiger partial charge in [-0.3, -0.25) is 14.5 Å².